The highest BCUT2D eigenvalue weighted by molar-refractivity contribution is 6.05. The summed E-state index contributed by atoms with van der Waals surface area (Å²) >= 11 is 0. The van der Waals surface area contributed by atoms with E-state index in [9.17, 15) is 24.5 Å². The van der Waals surface area contributed by atoms with E-state index in [1.54, 1.807) is 31.2 Å². The number of hydrogen-bond donors (Lipinski definition) is 1. The summed E-state index contributed by atoms with van der Waals surface area (Å²) in [7, 11) is 0. The molecule has 156 valence electrons. The minimum Gasteiger partial charge on any atom is -0.475 e. The Bertz CT molecular complexity index is 992. The Labute approximate surface area is 171 Å². The van der Waals surface area contributed by atoms with Gasteiger partial charge in [-0.15, -0.1) is 0 Å². The van der Waals surface area contributed by atoms with Crippen molar-refractivity contribution in [3.8, 4) is 5.75 Å². The molecule has 2 amide bonds. The summed E-state index contributed by atoms with van der Waals surface area (Å²) in [6, 6.07) is 12.0. The average Bonchev–Trinajstić information content (AvgIpc) is 2.84. The molecule has 1 N–H and O–H groups in total. The van der Waals surface area contributed by atoms with E-state index in [1.165, 1.54) is 29.2 Å². The third-order valence-corrected chi connectivity index (χ3v) is 4.39. The number of carbonyl (C=O) groups is 3. The first-order valence-corrected chi connectivity index (χ1v) is 9.09. The zero-order chi connectivity index (χ0) is 21.7. The zero-order valence-electron chi connectivity index (χ0n) is 16.1. The maximum absolute atomic E-state index is 12.7. The Hall–Kier alpha value is -3.95. The molecule has 0 fully saturated rings. The minimum atomic E-state index is -0.855. The Morgan fingerprint density at radius 2 is 1.87 bits per heavy atom. The number of rotatable bonds is 6. The van der Waals surface area contributed by atoms with Gasteiger partial charge < -0.3 is 19.7 Å². The topological polar surface area (TPSA) is 128 Å². The predicted molar refractivity (Wildman–Crippen MR) is 106 cm³/mol. The summed E-state index contributed by atoms with van der Waals surface area (Å²) in [4.78, 5) is 48.4. The van der Waals surface area contributed by atoms with Crippen molar-refractivity contribution in [1.82, 2.24) is 0 Å². The lowest BCUT2D eigenvalue weighted by atomic mass is 10.1. The molecule has 1 aliphatic rings. The van der Waals surface area contributed by atoms with Crippen LogP contribution in [0.5, 0.6) is 5.75 Å². The van der Waals surface area contributed by atoms with Gasteiger partial charge >= 0.3 is 11.7 Å². The Kier molecular flexibility index (Phi) is 6.26. The maximum atomic E-state index is 12.7. The monoisotopic (exact) mass is 413 g/mol. The van der Waals surface area contributed by atoms with Gasteiger partial charge in [0.05, 0.1) is 16.3 Å². The SMILES string of the molecule is C[C@H]1CC(=O)Nc2ccccc2N1C(=O)COC(=O)COc1ccccc1[N+](=O)[O-]. The van der Waals surface area contributed by atoms with Gasteiger partial charge in [-0.05, 0) is 25.1 Å². The molecule has 0 unspecified atom stereocenters. The van der Waals surface area contributed by atoms with E-state index < -0.39 is 36.1 Å². The average molecular weight is 413 g/mol. The number of amides is 2. The van der Waals surface area contributed by atoms with Gasteiger partial charge in [-0.3, -0.25) is 19.7 Å². The van der Waals surface area contributed by atoms with Crippen molar-refractivity contribution in [2.75, 3.05) is 23.4 Å². The van der Waals surface area contributed by atoms with Crippen LogP contribution in [0.4, 0.5) is 17.1 Å². The van der Waals surface area contributed by atoms with Crippen molar-refractivity contribution in [2.45, 2.75) is 19.4 Å². The van der Waals surface area contributed by atoms with Crippen LogP contribution in [-0.4, -0.2) is 42.0 Å². The Balaban J connectivity index is 1.62. The van der Waals surface area contributed by atoms with Crippen molar-refractivity contribution in [1.29, 1.82) is 0 Å². The predicted octanol–water partition coefficient (Wildman–Crippen LogP) is 2.28. The van der Waals surface area contributed by atoms with Gasteiger partial charge in [0.15, 0.2) is 19.0 Å². The van der Waals surface area contributed by atoms with Crippen LogP contribution in [0.25, 0.3) is 0 Å². The lowest BCUT2D eigenvalue weighted by Gasteiger charge is -2.27. The van der Waals surface area contributed by atoms with E-state index in [0.717, 1.165) is 0 Å². The molecule has 10 nitrogen and oxygen atoms in total. The second-order valence-corrected chi connectivity index (χ2v) is 6.56. The van der Waals surface area contributed by atoms with Gasteiger partial charge in [0.2, 0.25) is 5.91 Å². The number of nitrogens with one attached hydrogen (secondary N) is 1. The number of hydrogen-bond acceptors (Lipinski definition) is 7. The molecular formula is C20H19N3O7. The number of carbonyl (C=O) groups excluding carboxylic acids is 3. The van der Waals surface area contributed by atoms with Crippen LogP contribution in [0.3, 0.4) is 0 Å². The van der Waals surface area contributed by atoms with Crippen LogP contribution in [0.1, 0.15) is 13.3 Å². The highest BCUT2D eigenvalue weighted by atomic mass is 16.6. The highest BCUT2D eigenvalue weighted by Crippen LogP contribution is 2.31. The van der Waals surface area contributed by atoms with Gasteiger partial charge in [-0.25, -0.2) is 4.79 Å². The zero-order valence-corrected chi connectivity index (χ0v) is 16.1. The Morgan fingerprint density at radius 3 is 2.63 bits per heavy atom. The molecule has 0 radical (unpaired) electrons. The van der Waals surface area contributed by atoms with Crippen molar-refractivity contribution < 1.29 is 28.8 Å². The molecule has 3 rings (SSSR count). The second-order valence-electron chi connectivity index (χ2n) is 6.56. The van der Waals surface area contributed by atoms with Crippen molar-refractivity contribution in [3.05, 3.63) is 58.6 Å². The fraction of sp³-hybridized carbons (Fsp3) is 0.250. The van der Waals surface area contributed by atoms with E-state index in [4.69, 9.17) is 9.47 Å². The van der Waals surface area contributed by atoms with E-state index in [0.29, 0.717) is 11.4 Å². The third-order valence-electron chi connectivity index (χ3n) is 4.39. The standard InChI is InChI=1S/C20H19N3O7/c1-13-10-18(24)21-14-6-2-3-7-15(14)22(13)19(25)11-30-20(26)12-29-17-9-5-4-8-16(17)23(27)28/h2-9,13H,10-12H2,1H3,(H,21,24)/t13-/m0/s1. The molecule has 0 saturated heterocycles. The number of benzene rings is 2. The van der Waals surface area contributed by atoms with Crippen molar-refractivity contribution >= 4 is 34.8 Å². The number of para-hydroxylation sites is 4. The first-order chi connectivity index (χ1) is 14.4. The summed E-state index contributed by atoms with van der Waals surface area (Å²) in [5.74, 6) is -1.66. The summed E-state index contributed by atoms with van der Waals surface area (Å²) in [6.07, 6.45) is 0.0924. The molecule has 1 atom stereocenters. The summed E-state index contributed by atoms with van der Waals surface area (Å²) in [6.45, 7) is 0.565. The van der Waals surface area contributed by atoms with Crippen molar-refractivity contribution in [3.63, 3.8) is 0 Å². The Morgan fingerprint density at radius 1 is 1.17 bits per heavy atom. The molecule has 2 aromatic rings. The van der Waals surface area contributed by atoms with Gasteiger partial charge in [0.25, 0.3) is 5.91 Å². The molecule has 0 saturated carbocycles. The van der Waals surface area contributed by atoms with E-state index >= 15 is 0 Å². The van der Waals surface area contributed by atoms with Gasteiger partial charge in [0.1, 0.15) is 0 Å². The molecule has 2 aromatic carbocycles. The van der Waals surface area contributed by atoms with Crippen LogP contribution >= 0.6 is 0 Å². The largest absolute Gasteiger partial charge is 0.475 e. The van der Waals surface area contributed by atoms with E-state index in [2.05, 4.69) is 5.32 Å². The molecule has 0 aromatic heterocycles. The number of nitro benzene ring substituents is 1. The van der Waals surface area contributed by atoms with Crippen molar-refractivity contribution in [2.24, 2.45) is 0 Å². The highest BCUT2D eigenvalue weighted by Gasteiger charge is 2.30. The number of fused-ring (bicyclic) bond motifs is 1. The quantitative estimate of drug-likeness (QED) is 0.437. The molecule has 10 heteroatoms. The number of esters is 1. The van der Waals surface area contributed by atoms with Crippen LogP contribution < -0.4 is 15.0 Å². The molecule has 0 aliphatic carbocycles. The minimum absolute atomic E-state index is 0.0783. The fourth-order valence-corrected chi connectivity index (χ4v) is 3.09. The third kappa shape index (κ3) is 4.72. The lowest BCUT2D eigenvalue weighted by Crippen LogP contribution is -2.41. The fourth-order valence-electron chi connectivity index (χ4n) is 3.09. The van der Waals surface area contributed by atoms with Gasteiger partial charge in [-0.2, -0.15) is 0 Å². The number of nitrogens with zero attached hydrogens (tertiary/aromatic N) is 2. The molecule has 0 bridgehead atoms. The molecule has 30 heavy (non-hydrogen) atoms. The number of anilines is 2. The lowest BCUT2D eigenvalue weighted by molar-refractivity contribution is -0.385. The van der Waals surface area contributed by atoms with Crippen LogP contribution in [0.2, 0.25) is 0 Å². The second kappa shape index (κ2) is 9.03. The van der Waals surface area contributed by atoms with Gasteiger partial charge in [0, 0.05) is 18.5 Å². The van der Waals surface area contributed by atoms with E-state index in [1.807, 2.05) is 0 Å². The summed E-state index contributed by atoms with van der Waals surface area (Å²) in [5.41, 5.74) is 0.716. The summed E-state index contributed by atoms with van der Waals surface area (Å²) in [5, 5.41) is 13.7. The number of ether oxygens (including phenoxy) is 2. The van der Waals surface area contributed by atoms with Crippen LogP contribution in [-0.2, 0) is 19.1 Å². The molecule has 1 aliphatic heterocycles. The molecular weight excluding hydrogens is 394 g/mol. The molecule has 1 heterocycles. The van der Waals surface area contributed by atoms with E-state index in [-0.39, 0.29) is 23.8 Å². The normalized spacial score (nSPS) is 15.4. The van der Waals surface area contributed by atoms with Crippen LogP contribution in [0.15, 0.2) is 48.5 Å². The first-order valence-electron chi connectivity index (χ1n) is 9.09. The smallest absolute Gasteiger partial charge is 0.344 e. The molecule has 0 spiro atoms. The first kappa shape index (κ1) is 20.8. The maximum Gasteiger partial charge on any atom is 0.344 e. The van der Waals surface area contributed by atoms with Gasteiger partial charge in [-0.1, -0.05) is 24.3 Å². The van der Waals surface area contributed by atoms with Crippen LogP contribution in [0, 0.1) is 10.1 Å². The summed E-state index contributed by atoms with van der Waals surface area (Å²) < 4.78 is 10.1. The number of nitro groups is 1.